The molecule has 0 spiro atoms. The van der Waals surface area contributed by atoms with Gasteiger partial charge in [0.05, 0.1) is 5.41 Å². The van der Waals surface area contributed by atoms with Gasteiger partial charge in [-0.05, 0) is 31.6 Å². The lowest BCUT2D eigenvalue weighted by atomic mass is 9.81. The number of carboxylic acids is 1. The molecular weight excluding hydrogens is 256 g/mol. The predicted molar refractivity (Wildman–Crippen MR) is 80.3 cm³/mol. The quantitative estimate of drug-likeness (QED) is 0.542. The highest BCUT2D eigenvalue weighted by Crippen LogP contribution is 2.25. The zero-order chi connectivity index (χ0) is 15.6. The average Bonchev–Trinajstić information content (AvgIpc) is 2.44. The maximum atomic E-state index is 12.2. The fourth-order valence-electron chi connectivity index (χ4n) is 2.41. The van der Waals surface area contributed by atoms with Crippen LogP contribution in [0.2, 0.25) is 0 Å². The molecule has 0 saturated heterocycles. The van der Waals surface area contributed by atoms with Crippen LogP contribution in [0.1, 0.15) is 59.3 Å². The fraction of sp³-hybridized carbons (Fsp3) is 0.867. The van der Waals surface area contributed by atoms with Gasteiger partial charge >= 0.3 is 5.97 Å². The van der Waals surface area contributed by atoms with Gasteiger partial charge in [-0.3, -0.25) is 9.59 Å². The Labute approximate surface area is 122 Å². The van der Waals surface area contributed by atoms with E-state index in [1.807, 2.05) is 13.8 Å². The molecule has 0 aromatic rings. The third kappa shape index (κ3) is 5.90. The summed E-state index contributed by atoms with van der Waals surface area (Å²) >= 11 is 0. The Morgan fingerprint density at radius 3 is 2.20 bits per heavy atom. The Hall–Kier alpha value is -1.10. The van der Waals surface area contributed by atoms with Gasteiger partial charge in [-0.1, -0.05) is 27.2 Å². The van der Waals surface area contributed by atoms with Crippen molar-refractivity contribution in [2.24, 2.45) is 17.1 Å². The van der Waals surface area contributed by atoms with Crippen molar-refractivity contribution >= 4 is 11.9 Å². The maximum absolute atomic E-state index is 12.2. The molecular formula is C15H30N2O3. The van der Waals surface area contributed by atoms with E-state index >= 15 is 0 Å². The van der Waals surface area contributed by atoms with E-state index < -0.39 is 11.4 Å². The molecule has 0 aromatic heterocycles. The SMILES string of the molecule is CCC(CCNC(=O)C(CC)(CC)CN)CCC(=O)O. The molecule has 0 heterocycles. The summed E-state index contributed by atoms with van der Waals surface area (Å²) in [5.41, 5.74) is 5.29. The topological polar surface area (TPSA) is 92.4 Å². The van der Waals surface area contributed by atoms with Crippen LogP contribution in [0.3, 0.4) is 0 Å². The number of nitrogens with one attached hydrogen (secondary N) is 1. The second kappa shape index (κ2) is 9.75. The van der Waals surface area contributed by atoms with Crippen molar-refractivity contribution in [3.63, 3.8) is 0 Å². The fourth-order valence-corrected chi connectivity index (χ4v) is 2.41. The van der Waals surface area contributed by atoms with Crippen molar-refractivity contribution < 1.29 is 14.7 Å². The third-order valence-corrected chi connectivity index (χ3v) is 4.41. The second-order valence-electron chi connectivity index (χ2n) is 5.44. The lowest BCUT2D eigenvalue weighted by Crippen LogP contribution is -2.45. The van der Waals surface area contributed by atoms with Crippen molar-refractivity contribution in [3.8, 4) is 0 Å². The molecule has 1 atom stereocenters. The lowest BCUT2D eigenvalue weighted by Gasteiger charge is -2.28. The van der Waals surface area contributed by atoms with Crippen LogP contribution in [0.15, 0.2) is 0 Å². The Bertz CT molecular complexity index is 293. The van der Waals surface area contributed by atoms with Crippen LogP contribution in [-0.2, 0) is 9.59 Å². The van der Waals surface area contributed by atoms with E-state index in [1.54, 1.807) is 0 Å². The third-order valence-electron chi connectivity index (χ3n) is 4.41. The summed E-state index contributed by atoms with van der Waals surface area (Å²) < 4.78 is 0. The van der Waals surface area contributed by atoms with Gasteiger partial charge in [0.2, 0.25) is 5.91 Å². The van der Waals surface area contributed by atoms with Crippen LogP contribution >= 0.6 is 0 Å². The number of rotatable bonds is 11. The largest absolute Gasteiger partial charge is 0.481 e. The van der Waals surface area contributed by atoms with E-state index in [1.165, 1.54) is 0 Å². The zero-order valence-corrected chi connectivity index (χ0v) is 13.1. The minimum absolute atomic E-state index is 0.0260. The van der Waals surface area contributed by atoms with Gasteiger partial charge < -0.3 is 16.2 Å². The van der Waals surface area contributed by atoms with Crippen molar-refractivity contribution in [2.45, 2.75) is 59.3 Å². The van der Waals surface area contributed by atoms with Crippen molar-refractivity contribution in [1.29, 1.82) is 0 Å². The van der Waals surface area contributed by atoms with Crippen LogP contribution in [-0.4, -0.2) is 30.1 Å². The summed E-state index contributed by atoms with van der Waals surface area (Å²) in [7, 11) is 0. The van der Waals surface area contributed by atoms with Crippen molar-refractivity contribution in [1.82, 2.24) is 5.32 Å². The summed E-state index contributed by atoms with van der Waals surface area (Å²) in [5.74, 6) is -0.383. The molecule has 0 aliphatic carbocycles. The maximum Gasteiger partial charge on any atom is 0.303 e. The van der Waals surface area contributed by atoms with Crippen molar-refractivity contribution in [3.05, 3.63) is 0 Å². The van der Waals surface area contributed by atoms with Crippen LogP contribution in [0.4, 0.5) is 0 Å². The standard InChI is InChI=1S/C15H30N2O3/c1-4-12(7-8-13(18)19)9-10-17-14(20)15(5-2,6-3)11-16/h12H,4-11,16H2,1-3H3,(H,17,20)(H,18,19). The molecule has 5 heteroatoms. The van der Waals surface area contributed by atoms with Crippen LogP contribution in [0.25, 0.3) is 0 Å². The number of hydrogen-bond acceptors (Lipinski definition) is 3. The van der Waals surface area contributed by atoms with Gasteiger partial charge in [-0.15, -0.1) is 0 Å². The Kier molecular flexibility index (Phi) is 9.21. The first-order chi connectivity index (χ1) is 9.45. The Balaban J connectivity index is 4.20. The Morgan fingerprint density at radius 2 is 1.80 bits per heavy atom. The zero-order valence-electron chi connectivity index (χ0n) is 13.1. The number of hydrogen-bond donors (Lipinski definition) is 3. The second-order valence-corrected chi connectivity index (χ2v) is 5.44. The summed E-state index contributed by atoms with van der Waals surface area (Å²) in [6.07, 6.45) is 4.11. The van der Waals surface area contributed by atoms with Gasteiger partial charge in [0.1, 0.15) is 0 Å². The number of aliphatic carboxylic acids is 1. The smallest absolute Gasteiger partial charge is 0.303 e. The summed E-state index contributed by atoms with van der Waals surface area (Å²) in [5, 5.41) is 11.7. The van der Waals surface area contributed by atoms with Crippen LogP contribution in [0, 0.1) is 11.3 Å². The summed E-state index contributed by atoms with van der Waals surface area (Å²) in [6, 6.07) is 0. The van der Waals surface area contributed by atoms with Gasteiger partial charge in [-0.2, -0.15) is 0 Å². The van der Waals surface area contributed by atoms with E-state index in [4.69, 9.17) is 10.8 Å². The first-order valence-electron chi connectivity index (χ1n) is 7.65. The monoisotopic (exact) mass is 286 g/mol. The normalized spacial score (nSPS) is 13.0. The summed E-state index contributed by atoms with van der Waals surface area (Å²) in [6.45, 7) is 6.98. The first-order valence-corrected chi connectivity index (χ1v) is 7.65. The molecule has 0 fully saturated rings. The van der Waals surface area contributed by atoms with E-state index in [9.17, 15) is 9.59 Å². The molecule has 0 aliphatic heterocycles. The molecule has 1 amide bonds. The molecule has 0 aromatic carbocycles. The number of carbonyl (C=O) groups is 2. The van der Waals surface area contributed by atoms with E-state index in [-0.39, 0.29) is 12.3 Å². The van der Waals surface area contributed by atoms with Gasteiger partial charge in [0.25, 0.3) is 0 Å². The number of nitrogens with two attached hydrogens (primary N) is 1. The molecule has 0 saturated carbocycles. The summed E-state index contributed by atoms with van der Waals surface area (Å²) in [4.78, 5) is 22.8. The highest BCUT2D eigenvalue weighted by Gasteiger charge is 2.32. The molecule has 118 valence electrons. The van der Waals surface area contributed by atoms with Crippen LogP contribution in [0.5, 0.6) is 0 Å². The highest BCUT2D eigenvalue weighted by molar-refractivity contribution is 5.82. The van der Waals surface area contributed by atoms with E-state index in [2.05, 4.69) is 12.2 Å². The lowest BCUT2D eigenvalue weighted by molar-refractivity contribution is -0.137. The molecule has 0 aliphatic rings. The first kappa shape index (κ1) is 18.9. The van der Waals surface area contributed by atoms with Gasteiger partial charge in [0.15, 0.2) is 0 Å². The molecule has 1 unspecified atom stereocenters. The molecule has 0 radical (unpaired) electrons. The number of carbonyl (C=O) groups excluding carboxylic acids is 1. The average molecular weight is 286 g/mol. The molecule has 4 N–H and O–H groups in total. The minimum atomic E-state index is -0.758. The molecule has 0 bridgehead atoms. The van der Waals surface area contributed by atoms with E-state index in [0.29, 0.717) is 25.4 Å². The minimum Gasteiger partial charge on any atom is -0.481 e. The van der Waals surface area contributed by atoms with Gasteiger partial charge in [0, 0.05) is 19.5 Å². The Morgan fingerprint density at radius 1 is 1.20 bits per heavy atom. The van der Waals surface area contributed by atoms with E-state index in [0.717, 1.165) is 25.7 Å². The predicted octanol–water partition coefficient (Wildman–Crippen LogP) is 2.15. The van der Waals surface area contributed by atoms with Gasteiger partial charge in [-0.25, -0.2) is 0 Å². The van der Waals surface area contributed by atoms with Crippen molar-refractivity contribution in [2.75, 3.05) is 13.1 Å². The molecule has 20 heavy (non-hydrogen) atoms. The van der Waals surface area contributed by atoms with Crippen LogP contribution < -0.4 is 11.1 Å². The number of carboxylic acid groups (broad SMARTS) is 1. The highest BCUT2D eigenvalue weighted by atomic mass is 16.4. The number of amides is 1. The molecule has 0 rings (SSSR count). The molecule has 5 nitrogen and oxygen atoms in total.